The number of hydrogen-bond donors (Lipinski definition) is 0. The van der Waals surface area contributed by atoms with Crippen LogP contribution in [-0.4, -0.2) is 11.9 Å². The second-order valence-electron chi connectivity index (χ2n) is 7.75. The maximum atomic E-state index is 12.3. The van der Waals surface area contributed by atoms with E-state index in [0.717, 1.165) is 62.5 Å². The minimum Gasteiger partial charge on any atom is -0.289 e. The Morgan fingerprint density at radius 3 is 1.48 bits per heavy atom. The van der Waals surface area contributed by atoms with Crippen molar-refractivity contribution in [2.45, 2.75) is 71.6 Å². The first-order valence-corrected chi connectivity index (χ1v) is 11.7. The molecule has 0 aliphatic rings. The average Bonchev–Trinajstić information content (AvgIpc) is 2.86. The molecule has 0 amide bonds. The molecule has 0 spiro atoms. The molecule has 0 aliphatic carbocycles. The summed E-state index contributed by atoms with van der Waals surface area (Å²) in [5.74, 6) is -1.31. The fourth-order valence-electron chi connectivity index (χ4n) is 3.09. The van der Waals surface area contributed by atoms with E-state index in [2.05, 4.69) is 6.92 Å². The third-order valence-corrected chi connectivity index (χ3v) is 5.25. The largest absolute Gasteiger partial charge is 0.373 e. The number of carbonyl (C=O) groups is 2. The van der Waals surface area contributed by atoms with Crippen molar-refractivity contribution >= 4 is 11.9 Å². The minimum absolute atomic E-state index is 0.0794. The van der Waals surface area contributed by atoms with Crippen LogP contribution in [0.4, 0.5) is 0 Å². The zero-order valence-corrected chi connectivity index (χ0v) is 19.6. The smallest absolute Gasteiger partial charge is 0.289 e. The van der Waals surface area contributed by atoms with E-state index in [4.69, 9.17) is 19.6 Å². The molecule has 0 saturated carbocycles. The Labute approximate surface area is 197 Å². The maximum Gasteiger partial charge on any atom is 0.373 e. The Balaban J connectivity index is 1.88. The lowest BCUT2D eigenvalue weighted by molar-refractivity contribution is -0.363. The SMILES string of the molecule is [CH2]CCCCCCC[C](OOC(=O)c1ccc(CC)cc1)OOC(=O)c1ccc(CC)cc1. The first kappa shape index (κ1) is 26.6. The van der Waals surface area contributed by atoms with Crippen molar-refractivity contribution in [3.8, 4) is 0 Å². The molecule has 2 aromatic carbocycles. The summed E-state index contributed by atoms with van der Waals surface area (Å²) in [7, 11) is 0. The van der Waals surface area contributed by atoms with Crippen LogP contribution in [0.25, 0.3) is 0 Å². The van der Waals surface area contributed by atoms with Gasteiger partial charge in [-0.2, -0.15) is 0 Å². The predicted octanol–water partition coefficient (Wildman–Crippen LogP) is 6.74. The van der Waals surface area contributed by atoms with Gasteiger partial charge in [-0.05, 0) is 54.7 Å². The average molecular weight is 455 g/mol. The summed E-state index contributed by atoms with van der Waals surface area (Å²) in [5, 5.41) is 0. The van der Waals surface area contributed by atoms with Crippen LogP contribution < -0.4 is 0 Å². The molecule has 0 heterocycles. The predicted molar refractivity (Wildman–Crippen MR) is 126 cm³/mol. The fourth-order valence-corrected chi connectivity index (χ4v) is 3.09. The van der Waals surface area contributed by atoms with E-state index in [1.54, 1.807) is 24.3 Å². The molecule has 33 heavy (non-hydrogen) atoms. The van der Waals surface area contributed by atoms with Crippen LogP contribution in [-0.2, 0) is 32.4 Å². The van der Waals surface area contributed by atoms with E-state index >= 15 is 0 Å². The van der Waals surface area contributed by atoms with Gasteiger partial charge in [-0.15, -0.1) is 9.78 Å². The van der Waals surface area contributed by atoms with Gasteiger partial charge in [-0.25, -0.2) is 9.59 Å². The molecule has 178 valence electrons. The maximum absolute atomic E-state index is 12.3. The minimum atomic E-state index is -0.657. The lowest BCUT2D eigenvalue weighted by Gasteiger charge is -2.14. The normalized spacial score (nSPS) is 10.9. The van der Waals surface area contributed by atoms with Gasteiger partial charge in [0.15, 0.2) is 0 Å². The molecule has 0 saturated heterocycles. The van der Waals surface area contributed by atoms with Gasteiger partial charge >= 0.3 is 18.2 Å². The molecule has 0 N–H and O–H groups in total. The molecule has 0 fully saturated rings. The Kier molecular flexibility index (Phi) is 12.2. The first-order chi connectivity index (χ1) is 16.1. The second-order valence-corrected chi connectivity index (χ2v) is 7.75. The molecule has 0 atom stereocenters. The number of benzene rings is 2. The molecule has 0 aliphatic heterocycles. The highest BCUT2D eigenvalue weighted by Crippen LogP contribution is 2.19. The van der Waals surface area contributed by atoms with Crippen LogP contribution >= 0.6 is 0 Å². The molecule has 2 radical (unpaired) electrons. The third-order valence-electron chi connectivity index (χ3n) is 5.25. The zero-order valence-electron chi connectivity index (χ0n) is 19.6. The van der Waals surface area contributed by atoms with Gasteiger partial charge in [0.2, 0.25) is 0 Å². The lowest BCUT2D eigenvalue weighted by atomic mass is 10.1. The first-order valence-electron chi connectivity index (χ1n) is 11.7. The summed E-state index contributed by atoms with van der Waals surface area (Å²) in [4.78, 5) is 44.7. The summed E-state index contributed by atoms with van der Waals surface area (Å²) in [6.07, 6.45) is 7.84. The van der Waals surface area contributed by atoms with Crippen molar-refractivity contribution in [1.82, 2.24) is 0 Å². The molecule has 0 aromatic heterocycles. The summed E-state index contributed by atoms with van der Waals surface area (Å²) >= 11 is 0. The number of carbonyl (C=O) groups excluding carboxylic acids is 2. The van der Waals surface area contributed by atoms with Crippen LogP contribution in [0.15, 0.2) is 48.5 Å². The van der Waals surface area contributed by atoms with E-state index in [1.165, 1.54) is 0 Å². The van der Waals surface area contributed by atoms with Crippen LogP contribution in [0.2, 0.25) is 0 Å². The van der Waals surface area contributed by atoms with Crippen molar-refractivity contribution < 1.29 is 29.1 Å². The Morgan fingerprint density at radius 2 is 1.06 bits per heavy atom. The highest BCUT2D eigenvalue weighted by Gasteiger charge is 2.21. The monoisotopic (exact) mass is 454 g/mol. The summed E-state index contributed by atoms with van der Waals surface area (Å²) in [5.41, 5.74) is 2.93. The molecule has 2 aromatic rings. The quantitative estimate of drug-likeness (QED) is 0.169. The molecule has 6 heteroatoms. The van der Waals surface area contributed by atoms with Crippen LogP contribution in [0.3, 0.4) is 0 Å². The Hall–Kier alpha value is -2.70. The topological polar surface area (TPSA) is 71.1 Å². The van der Waals surface area contributed by atoms with Gasteiger partial charge < -0.3 is 0 Å². The number of hydrogen-bond acceptors (Lipinski definition) is 6. The summed E-state index contributed by atoms with van der Waals surface area (Å²) < 4.78 is 0. The van der Waals surface area contributed by atoms with Crippen molar-refractivity contribution in [2.24, 2.45) is 0 Å². The fraction of sp³-hybridized carbons (Fsp3) is 0.407. The lowest BCUT2D eigenvalue weighted by Crippen LogP contribution is -2.16. The molecule has 6 nitrogen and oxygen atoms in total. The van der Waals surface area contributed by atoms with Crippen LogP contribution in [0, 0.1) is 13.2 Å². The van der Waals surface area contributed by atoms with Crippen molar-refractivity contribution in [1.29, 1.82) is 0 Å². The van der Waals surface area contributed by atoms with Crippen molar-refractivity contribution in [3.63, 3.8) is 0 Å². The van der Waals surface area contributed by atoms with Crippen LogP contribution in [0.5, 0.6) is 0 Å². The van der Waals surface area contributed by atoms with E-state index < -0.39 is 11.9 Å². The molecular weight excluding hydrogens is 420 g/mol. The Morgan fingerprint density at radius 1 is 0.636 bits per heavy atom. The van der Waals surface area contributed by atoms with E-state index in [1.807, 2.05) is 38.1 Å². The van der Waals surface area contributed by atoms with Crippen molar-refractivity contribution in [2.75, 3.05) is 0 Å². The van der Waals surface area contributed by atoms with Gasteiger partial charge in [0.05, 0.1) is 11.1 Å². The highest BCUT2D eigenvalue weighted by atomic mass is 17.3. The molecule has 0 unspecified atom stereocenters. The van der Waals surface area contributed by atoms with E-state index in [-0.39, 0.29) is 6.29 Å². The van der Waals surface area contributed by atoms with Gasteiger partial charge in [0, 0.05) is 6.42 Å². The van der Waals surface area contributed by atoms with Gasteiger partial charge in [0.25, 0.3) is 0 Å². The molecule has 2 rings (SSSR count). The number of unbranched alkanes of at least 4 members (excludes halogenated alkanes) is 5. The zero-order chi connectivity index (χ0) is 23.9. The van der Waals surface area contributed by atoms with E-state index in [9.17, 15) is 9.59 Å². The van der Waals surface area contributed by atoms with Gasteiger partial charge in [-0.1, -0.05) is 77.1 Å². The summed E-state index contributed by atoms with van der Waals surface area (Å²) in [6.45, 7) is 7.91. The van der Waals surface area contributed by atoms with E-state index in [0.29, 0.717) is 17.5 Å². The standard InChI is InChI=1S/C27H34O6/c1-4-7-8-9-10-11-12-25(30-32-26(28)23-17-13-21(5-2)14-18-23)31-33-27(29)24-19-15-22(6-3)16-20-24/h13-20H,1,4-12H2,2-3H3. The Bertz CT molecular complexity index is 765. The molecular formula is C27H34O6. The summed E-state index contributed by atoms with van der Waals surface area (Å²) in [6, 6.07) is 14.1. The number of aryl methyl sites for hydroxylation is 2. The highest BCUT2D eigenvalue weighted by molar-refractivity contribution is 5.89. The molecule has 0 bridgehead atoms. The van der Waals surface area contributed by atoms with Crippen molar-refractivity contribution in [3.05, 3.63) is 84.0 Å². The second kappa shape index (κ2) is 15.2. The van der Waals surface area contributed by atoms with Gasteiger partial charge in [0.1, 0.15) is 0 Å². The third kappa shape index (κ3) is 9.76. The van der Waals surface area contributed by atoms with Crippen LogP contribution in [0.1, 0.15) is 90.6 Å². The number of rotatable bonds is 15. The van der Waals surface area contributed by atoms with Gasteiger partial charge in [-0.3, -0.25) is 9.78 Å².